The first kappa shape index (κ1) is 19.3. The number of esters is 1. The van der Waals surface area contributed by atoms with E-state index in [-0.39, 0.29) is 41.2 Å². The Morgan fingerprint density at radius 2 is 1.65 bits per heavy atom. The van der Waals surface area contributed by atoms with Gasteiger partial charge in [0.05, 0.1) is 19.1 Å². The molecule has 128 valence electrons. The Bertz CT molecular complexity index is 480. The van der Waals surface area contributed by atoms with Crippen LogP contribution in [0.4, 0.5) is 0 Å². The van der Waals surface area contributed by atoms with Gasteiger partial charge < -0.3 is 4.74 Å². The molecule has 1 saturated carbocycles. The van der Waals surface area contributed by atoms with Gasteiger partial charge in [0.15, 0.2) is 0 Å². The molecule has 0 aromatic carbocycles. The zero-order valence-corrected chi connectivity index (χ0v) is 14.3. The fraction of sp³-hybridized carbons (Fsp3) is 0.778. The molecule has 0 radical (unpaired) electrons. The zero-order chi connectivity index (χ0) is 17.4. The highest BCUT2D eigenvalue weighted by Gasteiger charge is 2.46. The summed E-state index contributed by atoms with van der Waals surface area (Å²) in [5.74, 6) is -0.885. The normalized spacial score (nSPS) is 26.5. The number of rotatable bonds is 9. The summed E-state index contributed by atoms with van der Waals surface area (Å²) in [4.78, 5) is 34.6. The first-order valence-electron chi connectivity index (χ1n) is 8.39. The summed E-state index contributed by atoms with van der Waals surface area (Å²) in [6.07, 6.45) is 5.36. The quantitative estimate of drug-likeness (QED) is 0.481. The number of unbranched alkanes of at least 4 members (excludes halogenated alkanes) is 3. The number of ketones is 2. The van der Waals surface area contributed by atoms with E-state index in [9.17, 15) is 19.6 Å². The lowest BCUT2D eigenvalue weighted by Gasteiger charge is -2.20. The van der Waals surface area contributed by atoms with E-state index >= 15 is 0 Å². The minimum absolute atomic E-state index is 0.00740. The van der Waals surface area contributed by atoms with Gasteiger partial charge in [-0.05, 0) is 39.0 Å². The lowest BCUT2D eigenvalue weighted by molar-refractivity contribution is -0.140. The number of ether oxygens (including phenoxy) is 1. The van der Waals surface area contributed by atoms with Gasteiger partial charge in [-0.25, -0.2) is 0 Å². The number of nitriles is 1. The molecule has 5 nitrogen and oxygen atoms in total. The predicted molar refractivity (Wildman–Crippen MR) is 85.3 cm³/mol. The average Bonchev–Trinajstić information content (AvgIpc) is 2.89. The Kier molecular flexibility index (Phi) is 7.94. The second-order valence-corrected chi connectivity index (χ2v) is 6.52. The van der Waals surface area contributed by atoms with Gasteiger partial charge in [0, 0.05) is 18.3 Å². The number of hydrogen-bond donors (Lipinski definition) is 0. The Hall–Kier alpha value is -1.70. The number of methoxy groups -OCH3 is 1. The molecule has 5 heteroatoms. The van der Waals surface area contributed by atoms with Crippen molar-refractivity contribution in [1.82, 2.24) is 0 Å². The van der Waals surface area contributed by atoms with Crippen LogP contribution in [0.5, 0.6) is 0 Å². The summed E-state index contributed by atoms with van der Waals surface area (Å²) in [6.45, 7) is 3.08. The van der Waals surface area contributed by atoms with Gasteiger partial charge in [0.1, 0.15) is 11.6 Å². The molecule has 0 aliphatic heterocycles. The number of carbonyl (C=O) groups excluding carboxylic acids is 3. The van der Waals surface area contributed by atoms with Crippen molar-refractivity contribution in [2.75, 3.05) is 7.11 Å². The minimum Gasteiger partial charge on any atom is -0.469 e. The molecule has 4 unspecified atom stereocenters. The summed E-state index contributed by atoms with van der Waals surface area (Å²) in [5, 5.41) is 9.42. The van der Waals surface area contributed by atoms with Crippen LogP contribution in [-0.2, 0) is 19.1 Å². The first-order chi connectivity index (χ1) is 10.9. The third-order valence-corrected chi connectivity index (χ3v) is 5.01. The zero-order valence-electron chi connectivity index (χ0n) is 14.3. The second kappa shape index (κ2) is 9.44. The molecule has 1 aliphatic rings. The van der Waals surface area contributed by atoms with E-state index in [1.165, 1.54) is 14.0 Å². The molecule has 1 rings (SSSR count). The Morgan fingerprint density at radius 3 is 2.17 bits per heavy atom. The fourth-order valence-electron chi connectivity index (χ4n) is 3.70. The van der Waals surface area contributed by atoms with Crippen LogP contribution in [0.25, 0.3) is 0 Å². The minimum atomic E-state index is -0.337. The van der Waals surface area contributed by atoms with E-state index in [0.717, 1.165) is 32.1 Å². The number of carbonyl (C=O) groups is 3. The molecule has 0 saturated heterocycles. The lowest BCUT2D eigenvalue weighted by Crippen LogP contribution is -2.22. The van der Waals surface area contributed by atoms with Crippen molar-refractivity contribution in [3.8, 4) is 6.07 Å². The van der Waals surface area contributed by atoms with Crippen molar-refractivity contribution in [2.45, 2.75) is 58.8 Å². The number of nitrogens with zero attached hydrogens (tertiary/aromatic N) is 1. The predicted octanol–water partition coefficient (Wildman–Crippen LogP) is 3.07. The van der Waals surface area contributed by atoms with Crippen LogP contribution < -0.4 is 0 Å². The number of hydrogen-bond acceptors (Lipinski definition) is 5. The highest BCUT2D eigenvalue weighted by Crippen LogP contribution is 2.44. The summed E-state index contributed by atoms with van der Waals surface area (Å²) in [6, 6.07) is 2.27. The highest BCUT2D eigenvalue weighted by molar-refractivity contribution is 5.84. The summed E-state index contributed by atoms with van der Waals surface area (Å²) >= 11 is 0. The van der Waals surface area contributed by atoms with Crippen LogP contribution in [0.2, 0.25) is 0 Å². The van der Waals surface area contributed by atoms with Crippen LogP contribution in [-0.4, -0.2) is 24.6 Å². The Balaban J connectivity index is 2.48. The molecule has 4 atom stereocenters. The van der Waals surface area contributed by atoms with Crippen molar-refractivity contribution in [3.05, 3.63) is 0 Å². The van der Waals surface area contributed by atoms with Crippen LogP contribution in [0.3, 0.4) is 0 Å². The van der Waals surface area contributed by atoms with Crippen molar-refractivity contribution >= 4 is 17.5 Å². The van der Waals surface area contributed by atoms with Gasteiger partial charge in [0.25, 0.3) is 0 Å². The van der Waals surface area contributed by atoms with Crippen LogP contribution >= 0.6 is 0 Å². The van der Waals surface area contributed by atoms with Crippen molar-refractivity contribution < 1.29 is 19.1 Å². The molecule has 1 aliphatic carbocycles. The summed E-state index contributed by atoms with van der Waals surface area (Å²) < 4.78 is 4.60. The molecule has 0 spiro atoms. The maximum absolute atomic E-state index is 11.9. The van der Waals surface area contributed by atoms with Crippen LogP contribution in [0.15, 0.2) is 0 Å². The second-order valence-electron chi connectivity index (χ2n) is 6.52. The van der Waals surface area contributed by atoms with E-state index in [2.05, 4.69) is 10.8 Å². The standard InChI is InChI=1S/C18H27NO4/c1-12(20)15-10-16(13(2)21)17(11-19)14(15)8-6-4-5-7-9-18(22)23-3/h14-17H,4-10H2,1-3H3. The van der Waals surface area contributed by atoms with Crippen LogP contribution in [0.1, 0.15) is 58.8 Å². The SMILES string of the molecule is COC(=O)CCCCCCC1C(C(C)=O)CC(C(C)=O)C1C#N. The third kappa shape index (κ3) is 5.46. The van der Waals surface area contributed by atoms with Crippen molar-refractivity contribution in [2.24, 2.45) is 23.7 Å². The molecular formula is C18H27NO4. The maximum Gasteiger partial charge on any atom is 0.305 e. The van der Waals surface area contributed by atoms with Crippen molar-refractivity contribution in [1.29, 1.82) is 5.26 Å². The van der Waals surface area contributed by atoms with Gasteiger partial charge in [-0.3, -0.25) is 14.4 Å². The lowest BCUT2D eigenvalue weighted by atomic mass is 9.82. The molecule has 0 amide bonds. The van der Waals surface area contributed by atoms with Gasteiger partial charge in [-0.1, -0.05) is 19.3 Å². The molecule has 0 N–H and O–H groups in total. The van der Waals surface area contributed by atoms with Gasteiger partial charge >= 0.3 is 5.97 Å². The van der Waals surface area contributed by atoms with E-state index < -0.39 is 0 Å². The molecule has 0 aromatic rings. The largest absolute Gasteiger partial charge is 0.469 e. The first-order valence-corrected chi connectivity index (χ1v) is 8.39. The summed E-state index contributed by atoms with van der Waals surface area (Å²) in [5.41, 5.74) is 0. The molecule has 0 bridgehead atoms. The Morgan fingerprint density at radius 1 is 1.04 bits per heavy atom. The van der Waals surface area contributed by atoms with E-state index in [0.29, 0.717) is 12.8 Å². The van der Waals surface area contributed by atoms with Gasteiger partial charge in [0.2, 0.25) is 0 Å². The maximum atomic E-state index is 11.9. The molecular weight excluding hydrogens is 294 g/mol. The summed E-state index contributed by atoms with van der Waals surface area (Å²) in [7, 11) is 1.39. The third-order valence-electron chi connectivity index (χ3n) is 5.01. The molecule has 0 aromatic heterocycles. The monoisotopic (exact) mass is 321 g/mol. The van der Waals surface area contributed by atoms with Gasteiger partial charge in [-0.2, -0.15) is 5.26 Å². The molecule has 0 heterocycles. The number of Topliss-reactive ketones (excluding diaryl/α,β-unsaturated/α-hetero) is 2. The molecule has 1 fully saturated rings. The molecule has 23 heavy (non-hydrogen) atoms. The average molecular weight is 321 g/mol. The smallest absolute Gasteiger partial charge is 0.305 e. The van der Waals surface area contributed by atoms with E-state index in [4.69, 9.17) is 0 Å². The Labute approximate surface area is 138 Å². The van der Waals surface area contributed by atoms with E-state index in [1.807, 2.05) is 0 Å². The highest BCUT2D eigenvalue weighted by atomic mass is 16.5. The fourth-order valence-corrected chi connectivity index (χ4v) is 3.70. The topological polar surface area (TPSA) is 84.2 Å². The van der Waals surface area contributed by atoms with E-state index in [1.54, 1.807) is 6.92 Å². The van der Waals surface area contributed by atoms with Crippen molar-refractivity contribution in [3.63, 3.8) is 0 Å². The van der Waals surface area contributed by atoms with Crippen LogP contribution in [0, 0.1) is 35.0 Å². The van der Waals surface area contributed by atoms with Gasteiger partial charge in [-0.15, -0.1) is 0 Å².